The highest BCUT2D eigenvalue weighted by Gasteiger charge is 2.03. The molecule has 0 fully saturated rings. The molecule has 0 atom stereocenters. The molecular formula is C8H9N3O. The van der Waals surface area contributed by atoms with Gasteiger partial charge in [0.1, 0.15) is 0 Å². The van der Waals surface area contributed by atoms with Crippen LogP contribution in [0.25, 0.3) is 11.0 Å². The number of nitrogens with one attached hydrogen (secondary N) is 1. The van der Waals surface area contributed by atoms with Gasteiger partial charge < -0.3 is 10.8 Å². The number of hydrogen-bond acceptors (Lipinski definition) is 2. The van der Waals surface area contributed by atoms with Crippen molar-refractivity contribution in [3.05, 3.63) is 34.2 Å². The molecule has 62 valence electrons. The van der Waals surface area contributed by atoms with Gasteiger partial charge in [-0.25, -0.2) is 9.47 Å². The quantitative estimate of drug-likeness (QED) is 0.550. The number of fused-ring (bicyclic) bond motifs is 1. The summed E-state index contributed by atoms with van der Waals surface area (Å²) in [4.78, 5) is 13.8. The Morgan fingerprint density at radius 1 is 1.50 bits per heavy atom. The number of aromatic nitrogens is 2. The highest BCUT2D eigenvalue weighted by molar-refractivity contribution is 5.78. The molecule has 1 aromatic carbocycles. The van der Waals surface area contributed by atoms with Crippen molar-refractivity contribution in [2.24, 2.45) is 0 Å². The maximum atomic E-state index is 11.1. The smallest absolute Gasteiger partial charge is 0.335 e. The summed E-state index contributed by atoms with van der Waals surface area (Å²) in [6, 6.07) is 5.60. The molecule has 2 rings (SSSR count). The molecule has 0 unspecified atom stereocenters. The molecule has 1 heterocycles. The molecule has 0 saturated carbocycles. The van der Waals surface area contributed by atoms with E-state index < -0.39 is 0 Å². The monoisotopic (exact) mass is 163 g/mol. The number of rotatable bonds is 0. The SMILES string of the molecule is Cc1cccc2c1[nH]c(=O)n2N. The van der Waals surface area contributed by atoms with Crippen molar-refractivity contribution in [3.8, 4) is 0 Å². The van der Waals surface area contributed by atoms with Crippen molar-refractivity contribution < 1.29 is 0 Å². The van der Waals surface area contributed by atoms with Crippen molar-refractivity contribution >= 4 is 11.0 Å². The Balaban J connectivity index is 3.05. The fourth-order valence-corrected chi connectivity index (χ4v) is 1.29. The molecule has 0 amide bonds. The van der Waals surface area contributed by atoms with E-state index in [4.69, 9.17) is 5.84 Å². The number of aryl methyl sites for hydroxylation is 1. The van der Waals surface area contributed by atoms with E-state index in [1.54, 1.807) is 6.07 Å². The molecule has 0 aliphatic rings. The number of benzene rings is 1. The minimum atomic E-state index is -0.278. The van der Waals surface area contributed by atoms with Crippen LogP contribution in [0.3, 0.4) is 0 Å². The van der Waals surface area contributed by atoms with Crippen molar-refractivity contribution in [3.63, 3.8) is 0 Å². The van der Waals surface area contributed by atoms with E-state index in [0.29, 0.717) is 0 Å². The van der Waals surface area contributed by atoms with Gasteiger partial charge in [-0.15, -0.1) is 0 Å². The molecule has 0 aliphatic heterocycles. The summed E-state index contributed by atoms with van der Waals surface area (Å²) in [6.45, 7) is 1.93. The molecule has 1 aromatic heterocycles. The Kier molecular flexibility index (Phi) is 1.24. The van der Waals surface area contributed by atoms with Crippen LogP contribution >= 0.6 is 0 Å². The van der Waals surface area contributed by atoms with Crippen molar-refractivity contribution in [2.45, 2.75) is 6.92 Å². The van der Waals surface area contributed by atoms with Crippen LogP contribution in [0.1, 0.15) is 5.56 Å². The Morgan fingerprint density at radius 3 is 2.92 bits per heavy atom. The predicted octanol–water partition coefficient (Wildman–Crippen LogP) is 0.352. The van der Waals surface area contributed by atoms with Gasteiger partial charge in [-0.1, -0.05) is 12.1 Å². The number of aromatic amines is 1. The lowest BCUT2D eigenvalue weighted by atomic mass is 10.2. The first-order valence-electron chi connectivity index (χ1n) is 3.65. The maximum Gasteiger partial charge on any atom is 0.344 e. The third kappa shape index (κ3) is 0.747. The molecular weight excluding hydrogens is 154 g/mol. The Hall–Kier alpha value is -1.71. The summed E-state index contributed by atoms with van der Waals surface area (Å²) in [5.74, 6) is 5.48. The van der Waals surface area contributed by atoms with E-state index in [1.807, 2.05) is 19.1 Å². The highest BCUT2D eigenvalue weighted by Crippen LogP contribution is 2.11. The zero-order chi connectivity index (χ0) is 8.72. The second-order valence-electron chi connectivity index (χ2n) is 2.77. The average Bonchev–Trinajstić information content (AvgIpc) is 2.32. The summed E-state index contributed by atoms with van der Waals surface area (Å²) in [7, 11) is 0. The van der Waals surface area contributed by atoms with Gasteiger partial charge in [-0.2, -0.15) is 0 Å². The summed E-state index contributed by atoms with van der Waals surface area (Å²) in [5, 5.41) is 0. The summed E-state index contributed by atoms with van der Waals surface area (Å²) in [5.41, 5.74) is 2.29. The van der Waals surface area contributed by atoms with Crippen LogP contribution in [0.4, 0.5) is 0 Å². The Morgan fingerprint density at radius 2 is 2.25 bits per heavy atom. The van der Waals surface area contributed by atoms with Crippen LogP contribution in [-0.4, -0.2) is 9.66 Å². The van der Waals surface area contributed by atoms with Gasteiger partial charge in [-0.05, 0) is 18.6 Å². The fraction of sp³-hybridized carbons (Fsp3) is 0.125. The number of hydrogen-bond donors (Lipinski definition) is 2. The van der Waals surface area contributed by atoms with Crippen molar-refractivity contribution in [1.82, 2.24) is 9.66 Å². The molecule has 3 N–H and O–H groups in total. The standard InChI is InChI=1S/C8H9N3O/c1-5-3-2-4-6-7(5)10-8(12)11(6)9/h2-4H,9H2,1H3,(H,10,12). The highest BCUT2D eigenvalue weighted by atomic mass is 16.1. The molecule has 4 nitrogen and oxygen atoms in total. The van der Waals surface area contributed by atoms with Gasteiger partial charge in [0.05, 0.1) is 11.0 Å². The minimum absolute atomic E-state index is 0.278. The van der Waals surface area contributed by atoms with Crippen LogP contribution in [0.15, 0.2) is 23.0 Å². The van der Waals surface area contributed by atoms with Gasteiger partial charge in [-0.3, -0.25) is 0 Å². The second-order valence-corrected chi connectivity index (χ2v) is 2.77. The summed E-state index contributed by atoms with van der Waals surface area (Å²) >= 11 is 0. The van der Waals surface area contributed by atoms with Crippen LogP contribution in [0.2, 0.25) is 0 Å². The average molecular weight is 163 g/mol. The lowest BCUT2D eigenvalue weighted by Gasteiger charge is -1.94. The lowest BCUT2D eigenvalue weighted by molar-refractivity contribution is 0.967. The number of para-hydroxylation sites is 1. The van der Waals surface area contributed by atoms with Crippen molar-refractivity contribution in [1.29, 1.82) is 0 Å². The van der Waals surface area contributed by atoms with Crippen LogP contribution in [0.5, 0.6) is 0 Å². The van der Waals surface area contributed by atoms with E-state index >= 15 is 0 Å². The van der Waals surface area contributed by atoms with E-state index in [9.17, 15) is 4.79 Å². The third-order valence-electron chi connectivity index (χ3n) is 1.96. The first-order valence-corrected chi connectivity index (χ1v) is 3.65. The fourth-order valence-electron chi connectivity index (χ4n) is 1.29. The van der Waals surface area contributed by atoms with E-state index in [0.717, 1.165) is 21.3 Å². The number of nitrogens with zero attached hydrogens (tertiary/aromatic N) is 1. The largest absolute Gasteiger partial charge is 0.344 e. The number of nitrogens with two attached hydrogens (primary N) is 1. The van der Waals surface area contributed by atoms with E-state index in [2.05, 4.69) is 4.98 Å². The zero-order valence-corrected chi connectivity index (χ0v) is 6.66. The molecule has 0 aliphatic carbocycles. The summed E-state index contributed by atoms with van der Waals surface area (Å²) < 4.78 is 1.11. The van der Waals surface area contributed by atoms with Gasteiger partial charge >= 0.3 is 5.69 Å². The van der Waals surface area contributed by atoms with Crippen LogP contribution < -0.4 is 11.5 Å². The maximum absolute atomic E-state index is 11.1. The van der Waals surface area contributed by atoms with Gasteiger partial charge in [0, 0.05) is 0 Å². The second kappa shape index (κ2) is 2.14. The third-order valence-corrected chi connectivity index (χ3v) is 1.96. The lowest BCUT2D eigenvalue weighted by Crippen LogP contribution is -2.23. The first kappa shape index (κ1) is 6.97. The van der Waals surface area contributed by atoms with Gasteiger partial charge in [0.15, 0.2) is 0 Å². The van der Waals surface area contributed by atoms with E-state index in [-0.39, 0.29) is 5.69 Å². The van der Waals surface area contributed by atoms with Gasteiger partial charge in [0.25, 0.3) is 0 Å². The normalized spacial score (nSPS) is 10.8. The number of nitrogen functional groups attached to an aromatic ring is 1. The molecule has 2 aromatic rings. The number of imidazole rings is 1. The zero-order valence-electron chi connectivity index (χ0n) is 6.66. The Bertz CT molecular complexity index is 480. The minimum Gasteiger partial charge on any atom is -0.335 e. The number of H-pyrrole nitrogens is 1. The van der Waals surface area contributed by atoms with Gasteiger partial charge in [0.2, 0.25) is 0 Å². The molecule has 0 radical (unpaired) electrons. The van der Waals surface area contributed by atoms with E-state index in [1.165, 1.54) is 0 Å². The molecule has 4 heteroatoms. The Labute approximate surface area is 68.6 Å². The first-order chi connectivity index (χ1) is 5.70. The predicted molar refractivity (Wildman–Crippen MR) is 47.4 cm³/mol. The van der Waals surface area contributed by atoms with Crippen molar-refractivity contribution in [2.75, 3.05) is 5.84 Å². The molecule has 12 heavy (non-hydrogen) atoms. The van der Waals surface area contributed by atoms with Crippen LogP contribution in [-0.2, 0) is 0 Å². The molecule has 0 bridgehead atoms. The molecule has 0 spiro atoms. The summed E-state index contributed by atoms with van der Waals surface area (Å²) in [6.07, 6.45) is 0. The van der Waals surface area contributed by atoms with Crippen LogP contribution in [0, 0.1) is 6.92 Å². The topological polar surface area (TPSA) is 63.8 Å². The molecule has 0 saturated heterocycles.